The van der Waals surface area contributed by atoms with E-state index in [1.807, 2.05) is 68.6 Å². The van der Waals surface area contributed by atoms with E-state index < -0.39 is 0 Å². The molecule has 0 fully saturated rings. The molecule has 2 heterocycles. The molecule has 0 saturated heterocycles. The van der Waals surface area contributed by atoms with Crippen LogP contribution in [0.15, 0.2) is 52.6 Å². The highest BCUT2D eigenvalue weighted by Gasteiger charge is 2.17. The summed E-state index contributed by atoms with van der Waals surface area (Å²) >= 11 is 7.33. The number of amides is 1. The maximum Gasteiger partial charge on any atom is 0.276 e. The molecule has 0 aliphatic carbocycles. The lowest BCUT2D eigenvalue weighted by atomic mass is 10.1. The lowest BCUT2D eigenvalue weighted by Crippen LogP contribution is -2.19. The predicted molar refractivity (Wildman–Crippen MR) is 130 cm³/mol. The average molecular weight is 467 g/mol. The third-order valence-corrected chi connectivity index (χ3v) is 6.44. The Balaban J connectivity index is 1.49. The zero-order valence-electron chi connectivity index (χ0n) is 18.0. The van der Waals surface area contributed by atoms with E-state index in [4.69, 9.17) is 11.6 Å². The number of hydrogen-bond acceptors (Lipinski definition) is 4. The number of carbonyl (C=O) groups excluding carboxylic acids is 1. The van der Waals surface area contributed by atoms with E-state index in [0.717, 1.165) is 33.8 Å². The number of halogens is 1. The Hall–Kier alpha value is -3.16. The first kappa shape index (κ1) is 22.0. The van der Waals surface area contributed by atoms with Gasteiger partial charge in [0, 0.05) is 39.3 Å². The monoisotopic (exact) mass is 466 g/mol. The zero-order chi connectivity index (χ0) is 22.8. The highest BCUT2D eigenvalue weighted by atomic mass is 35.5. The Morgan fingerprint density at radius 3 is 2.50 bits per heavy atom. The third-order valence-electron chi connectivity index (χ3n) is 5.36. The van der Waals surface area contributed by atoms with Crippen LogP contribution in [-0.4, -0.2) is 20.7 Å². The molecule has 0 aliphatic heterocycles. The fraction of sp³-hybridized carbons (Fsp3) is 0.208. The molecule has 2 aromatic carbocycles. The van der Waals surface area contributed by atoms with Gasteiger partial charge in [0.05, 0.1) is 5.69 Å². The number of thiazole rings is 1. The number of aromatic nitrogens is 3. The summed E-state index contributed by atoms with van der Waals surface area (Å²) in [5.74, 6) is -0.117. The molecule has 0 radical (unpaired) electrons. The Kier molecular flexibility index (Phi) is 6.30. The van der Waals surface area contributed by atoms with Crippen molar-refractivity contribution in [1.82, 2.24) is 14.8 Å². The Bertz CT molecular complexity index is 1310. The van der Waals surface area contributed by atoms with Crippen LogP contribution in [0.1, 0.15) is 28.8 Å². The predicted octanol–water partition coefficient (Wildman–Crippen LogP) is 5.44. The number of nitrogens with zero attached hydrogens (tertiary/aromatic N) is 2. The van der Waals surface area contributed by atoms with Crippen LogP contribution in [0.4, 0.5) is 5.69 Å². The first-order chi connectivity index (χ1) is 15.3. The number of hydrogen-bond donors (Lipinski definition) is 2. The van der Waals surface area contributed by atoms with Crippen molar-refractivity contribution in [3.8, 4) is 16.4 Å². The fourth-order valence-corrected chi connectivity index (χ4v) is 4.50. The van der Waals surface area contributed by atoms with Gasteiger partial charge >= 0.3 is 0 Å². The molecule has 32 heavy (non-hydrogen) atoms. The molecule has 4 aromatic rings. The molecular formula is C24H23ClN4O2S. The molecule has 0 saturated carbocycles. The third kappa shape index (κ3) is 4.54. The molecule has 6 nitrogen and oxygen atoms in total. The number of nitrogens with one attached hydrogen (secondary N) is 2. The fourth-order valence-electron chi connectivity index (χ4n) is 3.58. The molecule has 0 atom stereocenters. The van der Waals surface area contributed by atoms with E-state index in [2.05, 4.69) is 15.4 Å². The Morgan fingerprint density at radius 2 is 1.81 bits per heavy atom. The smallest absolute Gasteiger partial charge is 0.276 e. The van der Waals surface area contributed by atoms with Crippen molar-refractivity contribution < 1.29 is 4.79 Å². The molecule has 164 valence electrons. The topological polar surface area (TPSA) is 79.8 Å². The summed E-state index contributed by atoms with van der Waals surface area (Å²) in [6, 6.07) is 13.3. The van der Waals surface area contributed by atoms with Crippen molar-refractivity contribution in [3.63, 3.8) is 0 Å². The van der Waals surface area contributed by atoms with Crippen LogP contribution < -0.4 is 10.9 Å². The summed E-state index contributed by atoms with van der Waals surface area (Å²) in [5.41, 5.74) is 5.70. The second kappa shape index (κ2) is 9.14. The Morgan fingerprint density at radius 1 is 1.12 bits per heavy atom. The standard InChI is InChI=1S/C24H23ClN4O2S/c1-14-5-4-6-15(2)22(14)27-21(30)12-11-19-16(3)28-29(23(19)31)24-26-20(13-32-24)17-7-9-18(25)10-8-17/h4-10,13,28H,11-12H2,1-3H3,(H,27,30). The van der Waals surface area contributed by atoms with Crippen molar-refractivity contribution in [2.24, 2.45) is 0 Å². The molecule has 4 rings (SSSR count). The maximum atomic E-state index is 13.0. The lowest BCUT2D eigenvalue weighted by Gasteiger charge is -2.11. The summed E-state index contributed by atoms with van der Waals surface area (Å²) in [6.45, 7) is 5.76. The van der Waals surface area contributed by atoms with E-state index in [0.29, 0.717) is 22.1 Å². The average Bonchev–Trinajstić information content (AvgIpc) is 3.35. The van der Waals surface area contributed by atoms with Crippen LogP contribution in [0.25, 0.3) is 16.4 Å². The van der Waals surface area contributed by atoms with Crippen LogP contribution in [0.5, 0.6) is 0 Å². The van der Waals surface area contributed by atoms with Crippen molar-refractivity contribution in [3.05, 3.63) is 85.6 Å². The first-order valence-electron chi connectivity index (χ1n) is 10.2. The van der Waals surface area contributed by atoms with Gasteiger partial charge in [-0.3, -0.25) is 14.7 Å². The minimum absolute atomic E-state index is 0.117. The molecule has 0 aliphatic rings. The minimum Gasteiger partial charge on any atom is -0.326 e. The SMILES string of the molecule is Cc1cccc(C)c1NC(=O)CCc1c(C)[nH]n(-c2nc(-c3ccc(Cl)cc3)cs2)c1=O. The first-order valence-corrected chi connectivity index (χ1v) is 11.5. The van der Waals surface area contributed by atoms with Gasteiger partial charge in [0.1, 0.15) is 0 Å². The number of aryl methyl sites for hydroxylation is 3. The Labute approximate surface area is 194 Å². The van der Waals surface area contributed by atoms with Crippen molar-refractivity contribution >= 4 is 34.5 Å². The number of H-pyrrole nitrogens is 1. The van der Waals surface area contributed by atoms with Crippen molar-refractivity contribution in [2.75, 3.05) is 5.32 Å². The zero-order valence-corrected chi connectivity index (χ0v) is 19.6. The molecule has 2 N–H and O–H groups in total. The van der Waals surface area contributed by atoms with E-state index in [-0.39, 0.29) is 17.9 Å². The number of benzene rings is 2. The normalized spacial score (nSPS) is 11.0. The minimum atomic E-state index is -0.181. The largest absolute Gasteiger partial charge is 0.326 e. The van der Waals surface area contributed by atoms with Crippen LogP contribution in [0.2, 0.25) is 5.02 Å². The van der Waals surface area contributed by atoms with Gasteiger partial charge in [-0.15, -0.1) is 11.3 Å². The van der Waals surface area contributed by atoms with Gasteiger partial charge in [-0.25, -0.2) is 4.98 Å². The number of carbonyl (C=O) groups is 1. The van der Waals surface area contributed by atoms with Crippen LogP contribution in [0, 0.1) is 20.8 Å². The number of aromatic amines is 1. The highest BCUT2D eigenvalue weighted by molar-refractivity contribution is 7.12. The molecule has 0 unspecified atom stereocenters. The van der Waals surface area contributed by atoms with Gasteiger partial charge in [0.2, 0.25) is 11.0 Å². The highest BCUT2D eigenvalue weighted by Crippen LogP contribution is 2.25. The quantitative estimate of drug-likeness (QED) is 0.397. The summed E-state index contributed by atoms with van der Waals surface area (Å²) < 4.78 is 1.44. The van der Waals surface area contributed by atoms with E-state index in [1.54, 1.807) is 0 Å². The second-order valence-corrected chi connectivity index (χ2v) is 8.97. The number of rotatable bonds is 6. The molecule has 0 spiro atoms. The van der Waals surface area contributed by atoms with Gasteiger partial charge in [0.25, 0.3) is 5.56 Å². The molecule has 2 aromatic heterocycles. The molecular weight excluding hydrogens is 444 g/mol. The van der Waals surface area contributed by atoms with Crippen LogP contribution in [-0.2, 0) is 11.2 Å². The molecule has 1 amide bonds. The number of anilines is 1. The molecule has 8 heteroatoms. The number of para-hydroxylation sites is 1. The van der Waals surface area contributed by atoms with Gasteiger partial charge in [-0.2, -0.15) is 4.68 Å². The summed E-state index contributed by atoms with van der Waals surface area (Å²) in [4.78, 5) is 30.1. The van der Waals surface area contributed by atoms with Crippen molar-refractivity contribution in [2.45, 2.75) is 33.6 Å². The van der Waals surface area contributed by atoms with Gasteiger partial charge in [-0.1, -0.05) is 41.9 Å². The van der Waals surface area contributed by atoms with E-state index >= 15 is 0 Å². The summed E-state index contributed by atoms with van der Waals surface area (Å²) in [7, 11) is 0. The lowest BCUT2D eigenvalue weighted by molar-refractivity contribution is -0.116. The molecule has 0 bridgehead atoms. The van der Waals surface area contributed by atoms with Crippen molar-refractivity contribution in [1.29, 1.82) is 0 Å². The van der Waals surface area contributed by atoms with Gasteiger partial charge in [0.15, 0.2) is 0 Å². The van der Waals surface area contributed by atoms with E-state index in [1.165, 1.54) is 16.0 Å². The summed E-state index contributed by atoms with van der Waals surface area (Å²) in [6.07, 6.45) is 0.565. The second-order valence-electron chi connectivity index (χ2n) is 7.69. The summed E-state index contributed by atoms with van der Waals surface area (Å²) in [5, 5.41) is 9.18. The van der Waals surface area contributed by atoms with Gasteiger partial charge < -0.3 is 5.32 Å². The van der Waals surface area contributed by atoms with Crippen LogP contribution in [0.3, 0.4) is 0 Å². The van der Waals surface area contributed by atoms with Crippen LogP contribution >= 0.6 is 22.9 Å². The van der Waals surface area contributed by atoms with E-state index in [9.17, 15) is 9.59 Å². The maximum absolute atomic E-state index is 13.0. The van der Waals surface area contributed by atoms with Gasteiger partial charge in [-0.05, 0) is 50.5 Å².